The highest BCUT2D eigenvalue weighted by atomic mass is 19.1. The first kappa shape index (κ1) is 23.1. The Morgan fingerprint density at radius 1 is 1.15 bits per heavy atom. The van der Waals surface area contributed by atoms with Gasteiger partial charge in [0, 0.05) is 38.4 Å². The lowest BCUT2D eigenvalue weighted by Gasteiger charge is -2.19. The van der Waals surface area contributed by atoms with Crippen molar-refractivity contribution in [3.8, 4) is 11.5 Å². The van der Waals surface area contributed by atoms with E-state index >= 15 is 0 Å². The van der Waals surface area contributed by atoms with Crippen LogP contribution in [0.15, 0.2) is 41.6 Å². The maximum absolute atomic E-state index is 13.7. The normalized spacial score (nSPS) is 20.0. The topological polar surface area (TPSA) is 55.0 Å². The lowest BCUT2D eigenvalue weighted by Crippen LogP contribution is -2.28. The summed E-state index contributed by atoms with van der Waals surface area (Å²) in [5.74, 6) is 1.42. The summed E-state index contributed by atoms with van der Waals surface area (Å²) in [6.07, 6.45) is 3.68. The van der Waals surface area contributed by atoms with E-state index < -0.39 is 0 Å². The number of benzene rings is 2. The molecule has 2 aromatic carbocycles. The molecule has 2 heterocycles. The minimum atomic E-state index is -0.162. The summed E-state index contributed by atoms with van der Waals surface area (Å²) in [6, 6.07) is 9.71. The summed E-state index contributed by atoms with van der Waals surface area (Å²) >= 11 is 0. The van der Waals surface area contributed by atoms with Crippen molar-refractivity contribution in [3.63, 3.8) is 0 Å². The van der Waals surface area contributed by atoms with Gasteiger partial charge in [0.15, 0.2) is 11.5 Å². The van der Waals surface area contributed by atoms with Gasteiger partial charge in [0.25, 0.3) is 0 Å². The van der Waals surface area contributed by atoms with Crippen LogP contribution in [-0.4, -0.2) is 51.5 Å². The highest BCUT2D eigenvalue weighted by Crippen LogP contribution is 2.44. The van der Waals surface area contributed by atoms with Crippen LogP contribution in [0.1, 0.15) is 41.1 Å². The number of allylic oxidation sites excluding steroid dienone is 1. The van der Waals surface area contributed by atoms with Gasteiger partial charge in [-0.3, -0.25) is 0 Å². The molecule has 0 radical (unpaired) electrons. The number of rotatable bonds is 8. The lowest BCUT2D eigenvalue weighted by molar-refractivity contribution is 0.140. The van der Waals surface area contributed by atoms with E-state index in [0.717, 1.165) is 81.3 Å². The molecule has 2 aromatic rings. The van der Waals surface area contributed by atoms with E-state index in [1.165, 1.54) is 16.7 Å². The zero-order valence-electron chi connectivity index (χ0n) is 20.1. The van der Waals surface area contributed by atoms with Crippen molar-refractivity contribution in [1.82, 2.24) is 15.8 Å². The third-order valence-corrected chi connectivity index (χ3v) is 7.02. The Hall–Kier alpha value is -2.61. The van der Waals surface area contributed by atoms with Crippen molar-refractivity contribution in [2.45, 2.75) is 38.6 Å². The fourth-order valence-electron chi connectivity index (χ4n) is 5.16. The number of hydrogen-bond donors (Lipinski definition) is 2. The maximum atomic E-state index is 13.7. The number of fused-ring (bicyclic) bond motifs is 3. The summed E-state index contributed by atoms with van der Waals surface area (Å²) < 4.78 is 31.1. The zero-order valence-corrected chi connectivity index (χ0v) is 20.1. The molecule has 5 rings (SSSR count). The van der Waals surface area contributed by atoms with Gasteiger partial charge in [-0.25, -0.2) is 9.82 Å². The number of halogens is 1. The molecule has 0 aromatic heterocycles. The van der Waals surface area contributed by atoms with Gasteiger partial charge in [-0.1, -0.05) is 12.1 Å². The summed E-state index contributed by atoms with van der Waals surface area (Å²) in [5, 5.41) is 0. The molecule has 1 unspecified atom stereocenters. The molecule has 7 heteroatoms. The van der Waals surface area contributed by atoms with Crippen molar-refractivity contribution in [2.75, 3.05) is 46.6 Å². The minimum absolute atomic E-state index is 0.125. The molecule has 1 aliphatic carbocycles. The SMILES string of the molecule is COc1cc2c(cc1OCCCN1CCCOCC1)CC1=C(Cc3ccc(F)c(C)c3)NNC12. The van der Waals surface area contributed by atoms with Crippen LogP contribution >= 0.6 is 0 Å². The molecule has 0 saturated carbocycles. The van der Waals surface area contributed by atoms with Gasteiger partial charge < -0.3 is 24.5 Å². The Morgan fingerprint density at radius 2 is 2.06 bits per heavy atom. The van der Waals surface area contributed by atoms with Crippen LogP contribution in [0, 0.1) is 12.7 Å². The molecule has 1 saturated heterocycles. The van der Waals surface area contributed by atoms with Crippen LogP contribution < -0.4 is 20.3 Å². The van der Waals surface area contributed by atoms with Gasteiger partial charge in [-0.05, 0) is 72.2 Å². The van der Waals surface area contributed by atoms with E-state index in [9.17, 15) is 4.39 Å². The lowest BCUT2D eigenvalue weighted by atomic mass is 10.0. The number of aryl methyl sites for hydroxylation is 1. The molecule has 3 aliphatic rings. The Labute approximate surface area is 201 Å². The molecule has 0 amide bonds. The molecule has 1 fully saturated rings. The van der Waals surface area contributed by atoms with Crippen LogP contribution in [0.25, 0.3) is 0 Å². The molecule has 34 heavy (non-hydrogen) atoms. The number of hydrazine groups is 1. The molecule has 0 spiro atoms. The Kier molecular flexibility index (Phi) is 7.04. The van der Waals surface area contributed by atoms with Crippen LogP contribution in [0.5, 0.6) is 11.5 Å². The van der Waals surface area contributed by atoms with Crippen LogP contribution in [0.3, 0.4) is 0 Å². The highest BCUT2D eigenvalue weighted by Gasteiger charge is 2.35. The Bertz CT molecular complexity index is 1060. The molecule has 182 valence electrons. The summed E-state index contributed by atoms with van der Waals surface area (Å²) in [5.41, 5.74) is 13.6. The molecule has 2 N–H and O–H groups in total. The van der Waals surface area contributed by atoms with Gasteiger partial charge in [0.2, 0.25) is 0 Å². The Balaban J connectivity index is 1.25. The molecule has 1 atom stereocenters. The van der Waals surface area contributed by atoms with Gasteiger partial charge in [0.05, 0.1) is 26.4 Å². The van der Waals surface area contributed by atoms with Crippen molar-refractivity contribution >= 4 is 0 Å². The third-order valence-electron chi connectivity index (χ3n) is 7.02. The summed E-state index contributed by atoms with van der Waals surface area (Å²) in [4.78, 5) is 2.45. The summed E-state index contributed by atoms with van der Waals surface area (Å²) in [6.45, 7) is 7.27. The first-order valence-electron chi connectivity index (χ1n) is 12.2. The van der Waals surface area contributed by atoms with Gasteiger partial charge in [-0.15, -0.1) is 0 Å². The van der Waals surface area contributed by atoms with Crippen LogP contribution in [0.2, 0.25) is 0 Å². The molecular weight excluding hydrogens is 433 g/mol. The smallest absolute Gasteiger partial charge is 0.161 e. The fourth-order valence-corrected chi connectivity index (χ4v) is 5.16. The average Bonchev–Trinajstić information content (AvgIpc) is 3.26. The predicted octanol–water partition coefficient (Wildman–Crippen LogP) is 3.84. The molecule has 2 aliphatic heterocycles. The zero-order chi connectivity index (χ0) is 23.5. The molecule has 6 nitrogen and oxygen atoms in total. The monoisotopic (exact) mass is 467 g/mol. The summed E-state index contributed by atoms with van der Waals surface area (Å²) in [7, 11) is 1.69. The second-order valence-electron chi connectivity index (χ2n) is 9.35. The number of hydrogen-bond acceptors (Lipinski definition) is 6. The highest BCUT2D eigenvalue weighted by molar-refractivity contribution is 5.56. The van der Waals surface area contributed by atoms with E-state index in [1.54, 1.807) is 20.1 Å². The van der Waals surface area contributed by atoms with Crippen molar-refractivity contribution < 1.29 is 18.6 Å². The number of ether oxygens (including phenoxy) is 3. The van der Waals surface area contributed by atoms with Crippen molar-refractivity contribution in [2.24, 2.45) is 0 Å². The van der Waals surface area contributed by atoms with Crippen LogP contribution in [-0.2, 0) is 17.6 Å². The van der Waals surface area contributed by atoms with Crippen LogP contribution in [0.4, 0.5) is 4.39 Å². The van der Waals surface area contributed by atoms with E-state index in [1.807, 2.05) is 12.1 Å². The van der Waals surface area contributed by atoms with Crippen molar-refractivity contribution in [3.05, 3.63) is 69.7 Å². The predicted molar refractivity (Wildman–Crippen MR) is 130 cm³/mol. The maximum Gasteiger partial charge on any atom is 0.161 e. The van der Waals surface area contributed by atoms with E-state index in [4.69, 9.17) is 14.2 Å². The first-order chi connectivity index (χ1) is 16.6. The van der Waals surface area contributed by atoms with Gasteiger partial charge in [0.1, 0.15) is 5.82 Å². The number of nitrogens with zero attached hydrogens (tertiary/aromatic N) is 1. The van der Waals surface area contributed by atoms with E-state index in [0.29, 0.717) is 12.2 Å². The minimum Gasteiger partial charge on any atom is -0.493 e. The van der Waals surface area contributed by atoms with Gasteiger partial charge in [-0.2, -0.15) is 0 Å². The number of nitrogens with one attached hydrogen (secondary N) is 2. The van der Waals surface area contributed by atoms with Crippen molar-refractivity contribution in [1.29, 1.82) is 0 Å². The largest absolute Gasteiger partial charge is 0.493 e. The molecule has 0 bridgehead atoms. The number of methoxy groups -OCH3 is 1. The standard InChI is InChI=1S/C27H34FN3O3/c1-18-13-19(5-6-23(18)28)14-24-22-15-20-16-26(25(32-2)17-21(20)27(22)30-29-24)34-11-4-8-31-7-3-10-33-12-9-31/h5-6,13,16-17,27,29-30H,3-4,7-12,14-15H2,1-2H3. The van der Waals surface area contributed by atoms with E-state index in [-0.39, 0.29) is 11.9 Å². The molecular formula is C27H34FN3O3. The average molecular weight is 468 g/mol. The fraction of sp³-hybridized carbons (Fsp3) is 0.481. The third kappa shape index (κ3) is 4.92. The first-order valence-corrected chi connectivity index (χ1v) is 12.2. The quantitative estimate of drug-likeness (QED) is 0.576. The second-order valence-corrected chi connectivity index (χ2v) is 9.35. The second kappa shape index (κ2) is 10.3. The Morgan fingerprint density at radius 3 is 2.91 bits per heavy atom. The van der Waals surface area contributed by atoms with Gasteiger partial charge >= 0.3 is 0 Å². The van der Waals surface area contributed by atoms with E-state index in [2.05, 4.69) is 27.9 Å².